The van der Waals surface area contributed by atoms with Crippen LogP contribution in [0, 0.1) is 11.3 Å². The average Bonchev–Trinajstić information content (AvgIpc) is 2.67. The molecule has 1 N–H and O–H groups in total. The summed E-state index contributed by atoms with van der Waals surface area (Å²) in [5.41, 5.74) is 1.05. The molecule has 1 aliphatic heterocycles. The monoisotopic (exact) mass is 408 g/mol. The first kappa shape index (κ1) is 22.4. The van der Waals surface area contributed by atoms with E-state index in [1.54, 1.807) is 12.2 Å². The number of hydrogen-bond acceptors (Lipinski definition) is 5. The van der Waals surface area contributed by atoms with Crippen molar-refractivity contribution in [1.82, 2.24) is 0 Å². The lowest BCUT2D eigenvalue weighted by Crippen LogP contribution is -2.45. The van der Waals surface area contributed by atoms with Gasteiger partial charge in [0.1, 0.15) is 0 Å². The maximum Gasteiger partial charge on any atom is 0.330 e. The first-order valence-electron chi connectivity index (χ1n) is 9.55. The molecule has 27 heavy (non-hydrogen) atoms. The molecule has 0 bridgehead atoms. The first-order chi connectivity index (χ1) is 12.8. The second-order valence-electron chi connectivity index (χ2n) is 7.63. The van der Waals surface area contributed by atoms with Crippen molar-refractivity contribution >= 4 is 29.5 Å². The zero-order valence-corrected chi connectivity index (χ0v) is 18.3. The van der Waals surface area contributed by atoms with Crippen LogP contribution in [0.5, 0.6) is 0 Å². The van der Waals surface area contributed by atoms with E-state index >= 15 is 0 Å². The zero-order chi connectivity index (χ0) is 19.9. The SMILES string of the molecule is C=C/C=C/C(C)=C/[C@]1(C)CCC2(C[C@H]1[C@H](O)/C=C/C(=O)OC)SCCCS2. The number of aliphatic hydroxyl groups excluding tert-OH is 1. The van der Waals surface area contributed by atoms with Crippen LogP contribution in [-0.2, 0) is 9.53 Å². The summed E-state index contributed by atoms with van der Waals surface area (Å²) in [4.78, 5) is 11.5. The van der Waals surface area contributed by atoms with Gasteiger partial charge in [-0.2, -0.15) is 0 Å². The summed E-state index contributed by atoms with van der Waals surface area (Å²) >= 11 is 4.12. The summed E-state index contributed by atoms with van der Waals surface area (Å²) in [6.45, 7) is 8.06. The Morgan fingerprint density at radius 1 is 1.30 bits per heavy atom. The second kappa shape index (κ2) is 10.0. The van der Waals surface area contributed by atoms with Gasteiger partial charge in [-0.15, -0.1) is 23.5 Å². The second-order valence-corrected chi connectivity index (χ2v) is 10.8. The third-order valence-electron chi connectivity index (χ3n) is 5.54. The molecule has 2 aliphatic rings. The number of carbonyl (C=O) groups is 1. The van der Waals surface area contributed by atoms with Gasteiger partial charge in [-0.1, -0.05) is 43.4 Å². The predicted octanol–water partition coefficient (Wildman–Crippen LogP) is 5.14. The minimum Gasteiger partial charge on any atom is -0.466 e. The third-order valence-corrected chi connectivity index (χ3v) is 9.02. The van der Waals surface area contributed by atoms with Crippen LogP contribution in [0.4, 0.5) is 0 Å². The molecule has 1 aliphatic carbocycles. The Morgan fingerprint density at radius 2 is 2.00 bits per heavy atom. The fourth-order valence-corrected chi connectivity index (χ4v) is 7.48. The van der Waals surface area contributed by atoms with Crippen LogP contribution in [0.15, 0.2) is 48.6 Å². The van der Waals surface area contributed by atoms with Crippen LogP contribution in [-0.4, -0.2) is 39.9 Å². The molecular formula is C22H32O3S2. The van der Waals surface area contributed by atoms with E-state index in [4.69, 9.17) is 0 Å². The molecule has 5 heteroatoms. The highest BCUT2D eigenvalue weighted by Gasteiger charge is 2.49. The van der Waals surface area contributed by atoms with Gasteiger partial charge >= 0.3 is 5.97 Å². The van der Waals surface area contributed by atoms with Crippen molar-refractivity contribution < 1.29 is 14.6 Å². The lowest BCUT2D eigenvalue weighted by molar-refractivity contribution is -0.134. The first-order valence-corrected chi connectivity index (χ1v) is 11.5. The zero-order valence-electron chi connectivity index (χ0n) is 16.6. The van der Waals surface area contributed by atoms with E-state index in [2.05, 4.69) is 60.8 Å². The van der Waals surface area contributed by atoms with E-state index in [-0.39, 0.29) is 15.4 Å². The van der Waals surface area contributed by atoms with Crippen LogP contribution in [0.2, 0.25) is 0 Å². The van der Waals surface area contributed by atoms with Gasteiger partial charge in [0.25, 0.3) is 0 Å². The van der Waals surface area contributed by atoms with Crippen LogP contribution in [0.25, 0.3) is 0 Å². The van der Waals surface area contributed by atoms with Crippen molar-refractivity contribution in [1.29, 1.82) is 0 Å². The number of thioether (sulfide) groups is 2. The highest BCUT2D eigenvalue weighted by atomic mass is 32.2. The Bertz CT molecular complexity index is 617. The van der Waals surface area contributed by atoms with E-state index in [0.29, 0.717) is 0 Å². The smallest absolute Gasteiger partial charge is 0.330 e. The standard InChI is InChI=1S/C22H32O3S2/c1-5-6-8-17(2)15-21(3)11-12-22(26-13-7-14-27-22)16-18(21)19(23)9-10-20(24)25-4/h5-6,8-10,15,18-19,23H,1,7,11-14,16H2,2-4H3/b8-6+,10-9+,17-15+/t18-,19+,21-/m0/s1. The number of carbonyl (C=O) groups excluding carboxylic acids is 1. The van der Waals surface area contributed by atoms with Gasteiger partial charge in [-0.25, -0.2) is 4.79 Å². The minimum absolute atomic E-state index is 0.0531. The van der Waals surface area contributed by atoms with E-state index < -0.39 is 12.1 Å². The lowest BCUT2D eigenvalue weighted by Gasteiger charge is -2.51. The van der Waals surface area contributed by atoms with Gasteiger partial charge in [0, 0.05) is 6.08 Å². The molecule has 2 rings (SSSR count). The Labute approximate surface area is 172 Å². The molecule has 3 nitrogen and oxygen atoms in total. The summed E-state index contributed by atoms with van der Waals surface area (Å²) < 4.78 is 4.88. The molecule has 1 heterocycles. The maximum atomic E-state index is 11.5. The highest BCUT2D eigenvalue weighted by Crippen LogP contribution is 2.58. The molecule has 0 aromatic heterocycles. The van der Waals surface area contributed by atoms with E-state index in [1.807, 2.05) is 6.08 Å². The van der Waals surface area contributed by atoms with Crippen LogP contribution >= 0.6 is 23.5 Å². The minimum atomic E-state index is -0.679. The van der Waals surface area contributed by atoms with Crippen molar-refractivity contribution in [2.45, 2.75) is 49.7 Å². The van der Waals surface area contributed by atoms with Crippen molar-refractivity contribution in [3.8, 4) is 0 Å². The van der Waals surface area contributed by atoms with Crippen LogP contribution in [0.3, 0.4) is 0 Å². The normalized spacial score (nSPS) is 29.9. The fraction of sp³-hybridized carbons (Fsp3) is 0.591. The molecule has 0 amide bonds. The number of methoxy groups -OCH3 is 1. The van der Waals surface area contributed by atoms with Crippen LogP contribution < -0.4 is 0 Å². The van der Waals surface area contributed by atoms with Gasteiger partial charge in [0.05, 0.1) is 17.3 Å². The Hall–Kier alpha value is -0.910. The molecule has 1 saturated carbocycles. The van der Waals surface area contributed by atoms with Crippen molar-refractivity contribution in [3.05, 3.63) is 48.6 Å². The molecule has 1 saturated heterocycles. The maximum absolute atomic E-state index is 11.5. The van der Waals surface area contributed by atoms with Gasteiger partial charge in [0.2, 0.25) is 0 Å². The largest absolute Gasteiger partial charge is 0.466 e. The predicted molar refractivity (Wildman–Crippen MR) is 118 cm³/mol. The molecule has 150 valence electrons. The number of esters is 1. The number of rotatable bonds is 6. The van der Waals surface area contributed by atoms with Crippen molar-refractivity contribution in [3.63, 3.8) is 0 Å². The Balaban J connectivity index is 2.30. The van der Waals surface area contributed by atoms with Gasteiger partial charge in [0.15, 0.2) is 0 Å². The van der Waals surface area contributed by atoms with E-state index in [1.165, 1.54) is 36.7 Å². The van der Waals surface area contributed by atoms with Gasteiger partial charge in [-0.3, -0.25) is 0 Å². The number of aliphatic hydroxyl groups is 1. The lowest BCUT2D eigenvalue weighted by atomic mass is 9.64. The summed E-state index contributed by atoms with van der Waals surface area (Å²) in [6, 6.07) is 0. The molecule has 0 aromatic rings. The molecule has 3 atom stereocenters. The Morgan fingerprint density at radius 3 is 2.63 bits per heavy atom. The fourth-order valence-electron chi connectivity index (χ4n) is 4.05. The molecule has 1 spiro atoms. The number of allylic oxidation sites excluding steroid dienone is 5. The summed E-state index contributed by atoms with van der Waals surface area (Å²) in [5, 5.41) is 11.0. The molecule has 0 radical (unpaired) electrons. The van der Waals surface area contributed by atoms with Gasteiger partial charge < -0.3 is 9.84 Å². The number of hydrogen-bond donors (Lipinski definition) is 1. The van der Waals surface area contributed by atoms with E-state index in [9.17, 15) is 9.90 Å². The van der Waals surface area contributed by atoms with Crippen molar-refractivity contribution in [2.75, 3.05) is 18.6 Å². The highest BCUT2D eigenvalue weighted by molar-refractivity contribution is 8.18. The third kappa shape index (κ3) is 6.03. The van der Waals surface area contributed by atoms with Crippen molar-refractivity contribution in [2.24, 2.45) is 11.3 Å². The topological polar surface area (TPSA) is 46.5 Å². The molecule has 2 fully saturated rings. The Kier molecular flexibility index (Phi) is 8.32. The summed E-state index contributed by atoms with van der Waals surface area (Å²) in [6.07, 6.45) is 14.7. The average molecular weight is 409 g/mol. The molecule has 0 aromatic carbocycles. The quantitative estimate of drug-likeness (QED) is 0.375. The number of ether oxygens (including phenoxy) is 1. The van der Waals surface area contributed by atoms with Crippen LogP contribution in [0.1, 0.15) is 39.5 Å². The summed E-state index contributed by atoms with van der Waals surface area (Å²) in [5.74, 6) is 2.02. The molecular weight excluding hydrogens is 376 g/mol. The van der Waals surface area contributed by atoms with E-state index in [0.717, 1.165) is 19.3 Å². The molecule has 0 unspecified atom stereocenters. The summed E-state index contributed by atoms with van der Waals surface area (Å²) in [7, 11) is 1.35. The van der Waals surface area contributed by atoms with Gasteiger partial charge in [-0.05, 0) is 61.5 Å².